The highest BCUT2D eigenvalue weighted by atomic mass is 32.1. The minimum atomic E-state index is -0.103. The van der Waals surface area contributed by atoms with E-state index in [2.05, 4.69) is 10.3 Å². The Balaban J connectivity index is 1.35. The topological polar surface area (TPSA) is 78.3 Å². The summed E-state index contributed by atoms with van der Waals surface area (Å²) in [6.45, 7) is 4.91. The first-order valence-electron chi connectivity index (χ1n) is 8.74. The zero-order valence-electron chi connectivity index (χ0n) is 14.8. The molecule has 0 bridgehead atoms. The van der Waals surface area contributed by atoms with Crippen molar-refractivity contribution in [3.8, 4) is 0 Å². The molecule has 3 aromatic heterocycles. The van der Waals surface area contributed by atoms with E-state index >= 15 is 0 Å². The van der Waals surface area contributed by atoms with Crippen LogP contribution in [0.2, 0.25) is 0 Å². The van der Waals surface area contributed by atoms with Gasteiger partial charge in [-0.3, -0.25) is 9.59 Å². The van der Waals surface area contributed by atoms with E-state index in [1.165, 1.54) is 0 Å². The molecule has 3 aromatic rings. The zero-order valence-corrected chi connectivity index (χ0v) is 15.6. The van der Waals surface area contributed by atoms with Crippen molar-refractivity contribution in [3.05, 3.63) is 46.4 Å². The number of thiophene rings is 1. The number of carbonyl (C=O) groups excluding carboxylic acids is 2. The maximum absolute atomic E-state index is 12.7. The van der Waals surface area contributed by atoms with Crippen LogP contribution >= 0.6 is 11.3 Å². The number of aromatic nitrogens is 1. The third kappa shape index (κ3) is 3.14. The SMILES string of the molecule is Cc1cc(C(=O)NC2CCN(C(=O)c3cc4sccc4[nH]3)CC2)c(C)o1. The van der Waals surface area contributed by atoms with Gasteiger partial charge in [0.15, 0.2) is 0 Å². The van der Waals surface area contributed by atoms with Crippen LogP contribution in [0.15, 0.2) is 28.0 Å². The molecule has 4 heterocycles. The fourth-order valence-electron chi connectivity index (χ4n) is 3.48. The number of amides is 2. The van der Waals surface area contributed by atoms with Gasteiger partial charge in [0.1, 0.15) is 17.2 Å². The van der Waals surface area contributed by atoms with Crippen LogP contribution in [0.3, 0.4) is 0 Å². The van der Waals surface area contributed by atoms with Crippen LogP contribution in [-0.2, 0) is 0 Å². The molecule has 1 aliphatic heterocycles. The Morgan fingerprint density at radius 1 is 1.27 bits per heavy atom. The van der Waals surface area contributed by atoms with E-state index < -0.39 is 0 Å². The molecule has 0 radical (unpaired) electrons. The van der Waals surface area contributed by atoms with Gasteiger partial charge in [0.2, 0.25) is 0 Å². The number of aromatic amines is 1. The van der Waals surface area contributed by atoms with Gasteiger partial charge < -0.3 is 19.6 Å². The maximum Gasteiger partial charge on any atom is 0.270 e. The number of hydrogen-bond donors (Lipinski definition) is 2. The summed E-state index contributed by atoms with van der Waals surface area (Å²) < 4.78 is 6.52. The fraction of sp³-hybridized carbons (Fsp3) is 0.368. The molecule has 7 heteroatoms. The molecule has 0 spiro atoms. The molecular weight excluding hydrogens is 350 g/mol. The average molecular weight is 371 g/mol. The average Bonchev–Trinajstić information content (AvgIpc) is 3.29. The number of nitrogens with one attached hydrogen (secondary N) is 2. The van der Waals surface area contributed by atoms with E-state index in [1.807, 2.05) is 29.3 Å². The minimum absolute atomic E-state index is 0.0273. The van der Waals surface area contributed by atoms with Crippen LogP contribution in [0.5, 0.6) is 0 Å². The molecule has 1 saturated heterocycles. The van der Waals surface area contributed by atoms with Gasteiger partial charge in [0.05, 0.1) is 15.8 Å². The molecule has 26 heavy (non-hydrogen) atoms. The third-order valence-electron chi connectivity index (χ3n) is 4.87. The molecule has 0 saturated carbocycles. The molecule has 2 amide bonds. The number of piperidine rings is 1. The Bertz CT molecular complexity index is 931. The third-order valence-corrected chi connectivity index (χ3v) is 5.74. The molecule has 0 aliphatic carbocycles. The van der Waals surface area contributed by atoms with Crippen LogP contribution < -0.4 is 5.32 Å². The van der Waals surface area contributed by atoms with E-state index in [4.69, 9.17) is 4.42 Å². The molecule has 1 aliphatic rings. The number of H-pyrrole nitrogens is 1. The van der Waals surface area contributed by atoms with Crippen LogP contribution in [0, 0.1) is 13.8 Å². The molecule has 6 nitrogen and oxygen atoms in total. The number of nitrogens with zero attached hydrogens (tertiary/aromatic N) is 1. The molecule has 2 N–H and O–H groups in total. The van der Waals surface area contributed by atoms with Crippen molar-refractivity contribution in [2.75, 3.05) is 13.1 Å². The highest BCUT2D eigenvalue weighted by molar-refractivity contribution is 7.17. The monoisotopic (exact) mass is 371 g/mol. The van der Waals surface area contributed by atoms with Crippen molar-refractivity contribution < 1.29 is 14.0 Å². The summed E-state index contributed by atoms with van der Waals surface area (Å²) in [5, 5.41) is 5.07. The summed E-state index contributed by atoms with van der Waals surface area (Å²) in [6, 6.07) is 5.74. The summed E-state index contributed by atoms with van der Waals surface area (Å²) in [6.07, 6.45) is 1.50. The minimum Gasteiger partial charge on any atom is -0.466 e. The predicted octanol–water partition coefficient (Wildman–Crippen LogP) is 3.47. The largest absolute Gasteiger partial charge is 0.466 e. The Kier molecular flexibility index (Phi) is 4.32. The molecular formula is C19H21N3O3S. The molecule has 4 rings (SSSR count). The first-order valence-corrected chi connectivity index (χ1v) is 9.62. The van der Waals surface area contributed by atoms with Crippen LogP contribution in [0.25, 0.3) is 10.2 Å². The van der Waals surface area contributed by atoms with Crippen molar-refractivity contribution >= 4 is 33.4 Å². The lowest BCUT2D eigenvalue weighted by atomic mass is 10.0. The number of carbonyl (C=O) groups is 2. The quantitative estimate of drug-likeness (QED) is 0.740. The van der Waals surface area contributed by atoms with Crippen LogP contribution in [0.1, 0.15) is 45.2 Å². The van der Waals surface area contributed by atoms with Gasteiger partial charge in [-0.2, -0.15) is 0 Å². The van der Waals surface area contributed by atoms with Crippen molar-refractivity contribution in [3.63, 3.8) is 0 Å². The van der Waals surface area contributed by atoms with E-state index in [0.29, 0.717) is 30.1 Å². The van der Waals surface area contributed by atoms with Crippen molar-refractivity contribution in [2.24, 2.45) is 0 Å². The van der Waals surface area contributed by atoms with Gasteiger partial charge in [-0.15, -0.1) is 11.3 Å². The van der Waals surface area contributed by atoms with Crippen LogP contribution in [0.4, 0.5) is 0 Å². The number of likely N-dealkylation sites (tertiary alicyclic amines) is 1. The normalized spacial score (nSPS) is 15.5. The number of furan rings is 1. The Hall–Kier alpha value is -2.54. The Morgan fingerprint density at radius 3 is 2.69 bits per heavy atom. The van der Waals surface area contributed by atoms with Gasteiger partial charge in [-0.1, -0.05) is 0 Å². The summed E-state index contributed by atoms with van der Waals surface area (Å²) in [5.74, 6) is 1.30. The second-order valence-corrected chi connectivity index (χ2v) is 7.70. The standard InChI is InChI=1S/C19H21N3O3S/c1-11-9-14(12(2)25-11)18(23)20-13-3-6-22(7-4-13)19(24)16-10-17-15(21-16)5-8-26-17/h5,8-10,13,21H,3-4,6-7H2,1-2H3,(H,20,23). The van der Waals surface area contributed by atoms with Gasteiger partial charge in [0, 0.05) is 19.1 Å². The molecule has 0 unspecified atom stereocenters. The molecule has 0 aromatic carbocycles. The van der Waals surface area contributed by atoms with Crippen molar-refractivity contribution in [1.29, 1.82) is 0 Å². The summed E-state index contributed by atoms with van der Waals surface area (Å²) >= 11 is 1.62. The number of hydrogen-bond acceptors (Lipinski definition) is 4. The van der Waals surface area contributed by atoms with Crippen molar-refractivity contribution in [2.45, 2.75) is 32.7 Å². The highest BCUT2D eigenvalue weighted by Gasteiger charge is 2.26. The van der Waals surface area contributed by atoms with E-state index in [1.54, 1.807) is 24.3 Å². The number of aryl methyl sites for hydroxylation is 2. The lowest BCUT2D eigenvalue weighted by Crippen LogP contribution is -2.46. The highest BCUT2D eigenvalue weighted by Crippen LogP contribution is 2.23. The van der Waals surface area contributed by atoms with Crippen LogP contribution in [-0.4, -0.2) is 40.8 Å². The predicted molar refractivity (Wildman–Crippen MR) is 101 cm³/mol. The van der Waals surface area contributed by atoms with E-state index in [-0.39, 0.29) is 17.9 Å². The zero-order chi connectivity index (χ0) is 18.3. The molecule has 0 atom stereocenters. The Labute approximate surface area is 155 Å². The number of rotatable bonds is 3. The van der Waals surface area contributed by atoms with Crippen molar-refractivity contribution in [1.82, 2.24) is 15.2 Å². The lowest BCUT2D eigenvalue weighted by molar-refractivity contribution is 0.0693. The van der Waals surface area contributed by atoms with E-state index in [0.717, 1.165) is 28.8 Å². The second kappa shape index (κ2) is 6.64. The fourth-order valence-corrected chi connectivity index (χ4v) is 4.26. The maximum atomic E-state index is 12.7. The summed E-state index contributed by atoms with van der Waals surface area (Å²) in [4.78, 5) is 30.1. The summed E-state index contributed by atoms with van der Waals surface area (Å²) in [7, 11) is 0. The number of fused-ring (bicyclic) bond motifs is 1. The van der Waals surface area contributed by atoms with Gasteiger partial charge in [-0.05, 0) is 50.3 Å². The first-order chi connectivity index (χ1) is 12.5. The van der Waals surface area contributed by atoms with Gasteiger partial charge in [-0.25, -0.2) is 0 Å². The summed E-state index contributed by atoms with van der Waals surface area (Å²) in [5.41, 5.74) is 2.23. The second-order valence-electron chi connectivity index (χ2n) is 6.75. The van der Waals surface area contributed by atoms with Gasteiger partial charge >= 0.3 is 0 Å². The van der Waals surface area contributed by atoms with E-state index in [9.17, 15) is 9.59 Å². The molecule has 1 fully saturated rings. The first kappa shape index (κ1) is 16.9. The smallest absolute Gasteiger partial charge is 0.270 e. The lowest BCUT2D eigenvalue weighted by Gasteiger charge is -2.32. The molecule has 136 valence electrons. The van der Waals surface area contributed by atoms with Gasteiger partial charge in [0.25, 0.3) is 11.8 Å². The Morgan fingerprint density at radius 2 is 2.04 bits per heavy atom.